The van der Waals surface area contributed by atoms with Gasteiger partial charge in [0.2, 0.25) is 5.91 Å². The first-order valence-electron chi connectivity index (χ1n) is 4.33. The number of rotatable bonds is 3. The van der Waals surface area contributed by atoms with E-state index in [9.17, 15) is 4.79 Å². The molecular formula is C8H17N3O. The lowest BCUT2D eigenvalue weighted by molar-refractivity contribution is -0.129. The van der Waals surface area contributed by atoms with Gasteiger partial charge in [0, 0.05) is 18.5 Å². The van der Waals surface area contributed by atoms with Crippen molar-refractivity contribution >= 4 is 5.91 Å². The van der Waals surface area contributed by atoms with Crippen LogP contribution in [0.3, 0.4) is 0 Å². The van der Waals surface area contributed by atoms with Gasteiger partial charge in [-0.3, -0.25) is 9.80 Å². The average molecular weight is 171 g/mol. The van der Waals surface area contributed by atoms with Crippen LogP contribution in [0.25, 0.3) is 0 Å². The summed E-state index contributed by atoms with van der Waals surface area (Å²) in [5.74, 6) is 0.174. The zero-order valence-corrected chi connectivity index (χ0v) is 7.76. The van der Waals surface area contributed by atoms with E-state index in [-0.39, 0.29) is 11.4 Å². The zero-order valence-electron chi connectivity index (χ0n) is 7.76. The van der Waals surface area contributed by atoms with Crippen LogP contribution in [-0.2, 0) is 4.79 Å². The van der Waals surface area contributed by atoms with Crippen LogP contribution in [0.5, 0.6) is 0 Å². The number of nitrogens with one attached hydrogen (secondary N) is 1. The molecule has 1 aliphatic heterocycles. The molecule has 0 saturated carbocycles. The Bertz CT molecular complexity index is 179. The standard InChI is InChI=1S/C8H17N3O/c1-8(2)6-7(12)11(10-8)5-3-4-9/h10H,3-6,9H2,1-2H3. The van der Waals surface area contributed by atoms with Crippen molar-refractivity contribution < 1.29 is 4.79 Å². The molecule has 0 radical (unpaired) electrons. The predicted octanol–water partition coefficient (Wildman–Crippen LogP) is -0.149. The summed E-state index contributed by atoms with van der Waals surface area (Å²) in [6.07, 6.45) is 1.44. The van der Waals surface area contributed by atoms with Gasteiger partial charge in [0.15, 0.2) is 0 Å². The Morgan fingerprint density at radius 2 is 2.33 bits per heavy atom. The largest absolute Gasteiger partial charge is 0.330 e. The number of nitrogens with two attached hydrogens (primary N) is 1. The van der Waals surface area contributed by atoms with Gasteiger partial charge in [0.05, 0.1) is 0 Å². The van der Waals surface area contributed by atoms with Crippen LogP contribution >= 0.6 is 0 Å². The summed E-state index contributed by atoms with van der Waals surface area (Å²) in [4.78, 5) is 11.3. The van der Waals surface area contributed by atoms with E-state index in [1.165, 1.54) is 0 Å². The van der Waals surface area contributed by atoms with Gasteiger partial charge < -0.3 is 5.73 Å². The minimum Gasteiger partial charge on any atom is -0.330 e. The fraction of sp³-hybridized carbons (Fsp3) is 0.875. The average Bonchev–Trinajstić information content (AvgIpc) is 2.20. The number of carbonyl (C=O) groups excluding carboxylic acids is 1. The number of nitrogens with zero attached hydrogens (tertiary/aromatic N) is 1. The highest BCUT2D eigenvalue weighted by Gasteiger charge is 2.34. The number of amides is 1. The molecule has 0 spiro atoms. The number of hydrogen-bond acceptors (Lipinski definition) is 3. The van der Waals surface area contributed by atoms with Gasteiger partial charge in [-0.05, 0) is 26.8 Å². The van der Waals surface area contributed by atoms with Crippen LogP contribution in [0.1, 0.15) is 26.7 Å². The van der Waals surface area contributed by atoms with Crippen LogP contribution in [0.15, 0.2) is 0 Å². The molecule has 0 atom stereocenters. The number of hydrazine groups is 1. The van der Waals surface area contributed by atoms with E-state index in [1.807, 2.05) is 13.8 Å². The molecule has 1 amide bonds. The molecule has 0 bridgehead atoms. The van der Waals surface area contributed by atoms with E-state index in [4.69, 9.17) is 5.73 Å². The first-order valence-corrected chi connectivity index (χ1v) is 4.33. The maximum Gasteiger partial charge on any atom is 0.238 e. The molecule has 1 fully saturated rings. The normalized spacial score (nSPS) is 21.9. The van der Waals surface area contributed by atoms with Gasteiger partial charge in [0.25, 0.3) is 0 Å². The van der Waals surface area contributed by atoms with Gasteiger partial charge >= 0.3 is 0 Å². The molecule has 4 nitrogen and oxygen atoms in total. The van der Waals surface area contributed by atoms with Gasteiger partial charge in [-0.1, -0.05) is 0 Å². The molecule has 0 aromatic carbocycles. The van der Waals surface area contributed by atoms with Crippen LogP contribution in [-0.4, -0.2) is 29.5 Å². The summed E-state index contributed by atoms with van der Waals surface area (Å²) >= 11 is 0. The Labute approximate surface area is 73.1 Å². The lowest BCUT2D eigenvalue weighted by Gasteiger charge is -2.21. The quantitative estimate of drug-likeness (QED) is 0.621. The molecule has 0 aromatic heterocycles. The lowest BCUT2D eigenvalue weighted by Crippen LogP contribution is -2.43. The Morgan fingerprint density at radius 1 is 1.67 bits per heavy atom. The summed E-state index contributed by atoms with van der Waals surface area (Å²) in [6, 6.07) is 0. The highest BCUT2D eigenvalue weighted by atomic mass is 16.2. The number of carbonyl (C=O) groups is 1. The first kappa shape index (κ1) is 9.48. The van der Waals surface area contributed by atoms with Crippen molar-refractivity contribution in [2.45, 2.75) is 32.2 Å². The molecule has 0 aromatic rings. The van der Waals surface area contributed by atoms with Crippen molar-refractivity contribution in [1.29, 1.82) is 0 Å². The van der Waals surface area contributed by atoms with Crippen molar-refractivity contribution in [3.05, 3.63) is 0 Å². The Balaban J connectivity index is 2.42. The molecule has 1 saturated heterocycles. The van der Waals surface area contributed by atoms with Crippen molar-refractivity contribution in [1.82, 2.24) is 10.4 Å². The molecule has 0 unspecified atom stereocenters. The third kappa shape index (κ3) is 2.19. The fourth-order valence-corrected chi connectivity index (χ4v) is 1.37. The summed E-state index contributed by atoms with van der Waals surface area (Å²) in [5.41, 5.74) is 8.42. The third-order valence-electron chi connectivity index (χ3n) is 1.92. The Hall–Kier alpha value is -0.610. The minimum atomic E-state index is -0.0777. The highest BCUT2D eigenvalue weighted by Crippen LogP contribution is 2.17. The minimum absolute atomic E-state index is 0.0777. The smallest absolute Gasteiger partial charge is 0.238 e. The van der Waals surface area contributed by atoms with E-state index in [0.29, 0.717) is 13.0 Å². The first-order chi connectivity index (χ1) is 5.55. The lowest BCUT2D eigenvalue weighted by atomic mass is 10.0. The summed E-state index contributed by atoms with van der Waals surface area (Å²) in [7, 11) is 0. The monoisotopic (exact) mass is 171 g/mol. The van der Waals surface area contributed by atoms with Gasteiger partial charge in [-0.15, -0.1) is 0 Å². The van der Waals surface area contributed by atoms with Crippen LogP contribution in [0.2, 0.25) is 0 Å². The highest BCUT2D eigenvalue weighted by molar-refractivity contribution is 5.79. The Kier molecular flexibility index (Phi) is 2.69. The summed E-state index contributed by atoms with van der Waals surface area (Å²) < 4.78 is 0. The van der Waals surface area contributed by atoms with E-state index < -0.39 is 0 Å². The van der Waals surface area contributed by atoms with Crippen molar-refractivity contribution in [3.63, 3.8) is 0 Å². The van der Waals surface area contributed by atoms with E-state index in [2.05, 4.69) is 5.43 Å². The van der Waals surface area contributed by atoms with Crippen molar-refractivity contribution in [2.24, 2.45) is 5.73 Å². The van der Waals surface area contributed by atoms with Gasteiger partial charge in [-0.25, -0.2) is 5.43 Å². The molecule has 0 aliphatic carbocycles. The van der Waals surface area contributed by atoms with Crippen LogP contribution in [0.4, 0.5) is 0 Å². The summed E-state index contributed by atoms with van der Waals surface area (Å²) in [6.45, 7) is 5.39. The molecule has 12 heavy (non-hydrogen) atoms. The molecule has 1 aliphatic rings. The molecule has 1 heterocycles. The second-order valence-corrected chi connectivity index (χ2v) is 3.86. The van der Waals surface area contributed by atoms with Crippen LogP contribution in [0, 0.1) is 0 Å². The van der Waals surface area contributed by atoms with E-state index in [0.717, 1.165) is 13.0 Å². The fourth-order valence-electron chi connectivity index (χ4n) is 1.37. The van der Waals surface area contributed by atoms with Crippen molar-refractivity contribution in [3.8, 4) is 0 Å². The molecular weight excluding hydrogens is 154 g/mol. The zero-order chi connectivity index (χ0) is 9.19. The Morgan fingerprint density at radius 3 is 2.75 bits per heavy atom. The van der Waals surface area contributed by atoms with Crippen LogP contribution < -0.4 is 11.2 Å². The third-order valence-corrected chi connectivity index (χ3v) is 1.92. The predicted molar refractivity (Wildman–Crippen MR) is 47.2 cm³/mol. The number of hydrogen-bond donors (Lipinski definition) is 2. The second kappa shape index (κ2) is 3.41. The van der Waals surface area contributed by atoms with Crippen molar-refractivity contribution in [2.75, 3.05) is 13.1 Å². The molecule has 70 valence electrons. The van der Waals surface area contributed by atoms with E-state index >= 15 is 0 Å². The summed E-state index contributed by atoms with van der Waals surface area (Å²) in [5, 5.41) is 1.67. The van der Waals surface area contributed by atoms with Gasteiger partial charge in [0.1, 0.15) is 0 Å². The second-order valence-electron chi connectivity index (χ2n) is 3.86. The topological polar surface area (TPSA) is 58.4 Å². The molecule has 4 heteroatoms. The maximum absolute atomic E-state index is 11.3. The van der Waals surface area contributed by atoms with E-state index in [1.54, 1.807) is 5.01 Å². The molecule has 1 rings (SSSR count). The molecule has 3 N–H and O–H groups in total. The maximum atomic E-state index is 11.3. The SMILES string of the molecule is CC1(C)CC(=O)N(CCCN)N1. The van der Waals surface area contributed by atoms with Gasteiger partial charge in [-0.2, -0.15) is 0 Å².